The van der Waals surface area contributed by atoms with E-state index in [0.29, 0.717) is 28.8 Å². The van der Waals surface area contributed by atoms with E-state index in [9.17, 15) is 14.0 Å². The molecule has 1 aliphatic rings. The van der Waals surface area contributed by atoms with Crippen molar-refractivity contribution in [3.63, 3.8) is 0 Å². The Bertz CT molecular complexity index is 907. The van der Waals surface area contributed by atoms with E-state index in [4.69, 9.17) is 21.1 Å². The number of hydrogen-bond acceptors (Lipinski definition) is 5. The molecule has 31 heavy (non-hydrogen) atoms. The molecule has 1 fully saturated rings. The van der Waals surface area contributed by atoms with Crippen molar-refractivity contribution in [3.8, 4) is 5.75 Å². The fourth-order valence-corrected chi connectivity index (χ4v) is 3.78. The normalized spacial score (nSPS) is 16.5. The van der Waals surface area contributed by atoms with Crippen LogP contribution in [0.1, 0.15) is 19.8 Å². The molecule has 2 aromatic rings. The molecule has 9 heteroatoms. The minimum Gasteiger partial charge on any atom is -0.489 e. The van der Waals surface area contributed by atoms with Gasteiger partial charge in [-0.25, -0.2) is 4.39 Å². The molecular formula is C22H24ClFN2O4S. The minimum atomic E-state index is -0.496. The van der Waals surface area contributed by atoms with Crippen LogP contribution in [0.4, 0.5) is 15.8 Å². The lowest BCUT2D eigenvalue weighted by Crippen LogP contribution is -2.25. The maximum atomic E-state index is 12.9. The van der Waals surface area contributed by atoms with Gasteiger partial charge in [0.2, 0.25) is 11.8 Å². The predicted octanol–water partition coefficient (Wildman–Crippen LogP) is 4.74. The van der Waals surface area contributed by atoms with Crippen molar-refractivity contribution >= 4 is 46.6 Å². The molecule has 2 amide bonds. The molecule has 0 radical (unpaired) electrons. The summed E-state index contributed by atoms with van der Waals surface area (Å²) in [6.45, 7) is 2.85. The molecule has 1 aliphatic heterocycles. The molecule has 0 spiro atoms. The van der Waals surface area contributed by atoms with Crippen molar-refractivity contribution in [1.29, 1.82) is 0 Å². The second-order valence-electron chi connectivity index (χ2n) is 7.08. The summed E-state index contributed by atoms with van der Waals surface area (Å²) in [5.74, 6) is -0.343. The number of rotatable bonds is 9. The van der Waals surface area contributed by atoms with Crippen LogP contribution in [-0.4, -0.2) is 42.1 Å². The standard InChI is InChI=1S/C22H24ClFN2O4S/c1-14(31-13-21(27)25-17-7-5-16(24)6-8-17)22(28)26-19-11-15(23)4-9-20(19)30-12-18-3-2-10-29-18/h4-9,11,14,18H,2-3,10,12-13H2,1H3,(H,25,27)(H,26,28). The van der Waals surface area contributed by atoms with Crippen molar-refractivity contribution in [1.82, 2.24) is 0 Å². The third-order valence-electron chi connectivity index (χ3n) is 4.61. The monoisotopic (exact) mass is 466 g/mol. The summed E-state index contributed by atoms with van der Waals surface area (Å²) in [4.78, 5) is 24.7. The number of halogens is 2. The van der Waals surface area contributed by atoms with Gasteiger partial charge in [0.25, 0.3) is 0 Å². The van der Waals surface area contributed by atoms with Gasteiger partial charge in [-0.05, 0) is 62.2 Å². The summed E-state index contributed by atoms with van der Waals surface area (Å²) < 4.78 is 24.3. The maximum Gasteiger partial charge on any atom is 0.237 e. The van der Waals surface area contributed by atoms with Crippen LogP contribution in [0.5, 0.6) is 5.75 Å². The number of anilines is 2. The molecule has 2 unspecified atom stereocenters. The first kappa shape index (κ1) is 23.4. The van der Waals surface area contributed by atoms with Crippen LogP contribution >= 0.6 is 23.4 Å². The molecule has 2 atom stereocenters. The van der Waals surface area contributed by atoms with E-state index in [-0.39, 0.29) is 29.5 Å². The smallest absolute Gasteiger partial charge is 0.237 e. The quantitative estimate of drug-likeness (QED) is 0.558. The van der Waals surface area contributed by atoms with E-state index in [1.807, 2.05) is 0 Å². The maximum absolute atomic E-state index is 12.9. The Kier molecular flexibility index (Phi) is 8.57. The third kappa shape index (κ3) is 7.41. The molecule has 166 valence electrons. The number of amides is 2. The van der Waals surface area contributed by atoms with E-state index in [2.05, 4.69) is 10.6 Å². The van der Waals surface area contributed by atoms with Gasteiger partial charge in [0, 0.05) is 17.3 Å². The number of benzene rings is 2. The first-order valence-electron chi connectivity index (χ1n) is 9.92. The molecule has 0 saturated carbocycles. The van der Waals surface area contributed by atoms with Gasteiger partial charge in [-0.2, -0.15) is 0 Å². The number of hydrogen-bond donors (Lipinski definition) is 2. The zero-order chi connectivity index (χ0) is 22.2. The van der Waals surface area contributed by atoms with Crippen molar-refractivity contribution in [2.75, 3.05) is 29.6 Å². The number of nitrogens with one attached hydrogen (secondary N) is 2. The third-order valence-corrected chi connectivity index (χ3v) is 5.99. The summed E-state index contributed by atoms with van der Waals surface area (Å²) in [5.41, 5.74) is 0.967. The summed E-state index contributed by atoms with van der Waals surface area (Å²) in [6, 6.07) is 10.5. The SMILES string of the molecule is CC(SCC(=O)Nc1ccc(F)cc1)C(=O)Nc1cc(Cl)ccc1OCC1CCCO1. The van der Waals surface area contributed by atoms with Crippen molar-refractivity contribution in [3.05, 3.63) is 53.3 Å². The zero-order valence-electron chi connectivity index (χ0n) is 17.0. The Balaban J connectivity index is 1.50. The molecule has 0 aromatic heterocycles. The fourth-order valence-electron chi connectivity index (χ4n) is 2.93. The summed E-state index contributed by atoms with van der Waals surface area (Å²) in [5, 5.41) is 5.46. The molecule has 6 nitrogen and oxygen atoms in total. The lowest BCUT2D eigenvalue weighted by atomic mass is 10.2. The number of carbonyl (C=O) groups is 2. The Morgan fingerprint density at radius 2 is 2.03 bits per heavy atom. The van der Waals surface area contributed by atoms with E-state index in [1.165, 1.54) is 36.0 Å². The Morgan fingerprint density at radius 3 is 2.74 bits per heavy atom. The van der Waals surface area contributed by atoms with Gasteiger partial charge in [-0.3, -0.25) is 9.59 Å². The van der Waals surface area contributed by atoms with Gasteiger partial charge < -0.3 is 20.1 Å². The zero-order valence-corrected chi connectivity index (χ0v) is 18.6. The topological polar surface area (TPSA) is 76.7 Å². The van der Waals surface area contributed by atoms with Crippen LogP contribution in [0.25, 0.3) is 0 Å². The van der Waals surface area contributed by atoms with Crippen molar-refractivity contribution in [2.24, 2.45) is 0 Å². The number of thioether (sulfide) groups is 1. The molecular weight excluding hydrogens is 443 g/mol. The predicted molar refractivity (Wildman–Crippen MR) is 122 cm³/mol. The van der Waals surface area contributed by atoms with Crippen LogP contribution < -0.4 is 15.4 Å². The van der Waals surface area contributed by atoms with Crippen molar-refractivity contribution in [2.45, 2.75) is 31.1 Å². The second-order valence-corrected chi connectivity index (χ2v) is 8.85. The molecule has 2 N–H and O–H groups in total. The van der Waals surface area contributed by atoms with Gasteiger partial charge in [0.05, 0.1) is 22.8 Å². The number of ether oxygens (including phenoxy) is 2. The minimum absolute atomic E-state index is 0.0494. The van der Waals surface area contributed by atoms with E-state index in [0.717, 1.165) is 19.4 Å². The van der Waals surface area contributed by atoms with Crippen molar-refractivity contribution < 1.29 is 23.5 Å². The molecule has 1 heterocycles. The van der Waals surface area contributed by atoms with Crippen LogP contribution in [0.3, 0.4) is 0 Å². The van der Waals surface area contributed by atoms with Gasteiger partial charge >= 0.3 is 0 Å². The number of carbonyl (C=O) groups excluding carboxylic acids is 2. The van der Waals surface area contributed by atoms with Crippen LogP contribution in [0.15, 0.2) is 42.5 Å². The van der Waals surface area contributed by atoms with E-state index >= 15 is 0 Å². The van der Waals surface area contributed by atoms with Gasteiger partial charge in [-0.15, -0.1) is 11.8 Å². The summed E-state index contributed by atoms with van der Waals surface area (Å²) in [7, 11) is 0. The summed E-state index contributed by atoms with van der Waals surface area (Å²) >= 11 is 7.27. The second kappa shape index (κ2) is 11.4. The molecule has 2 aromatic carbocycles. The van der Waals surface area contributed by atoms with Gasteiger partial charge in [0.15, 0.2) is 0 Å². The van der Waals surface area contributed by atoms with Crippen LogP contribution in [-0.2, 0) is 14.3 Å². The van der Waals surface area contributed by atoms with E-state index in [1.54, 1.807) is 25.1 Å². The highest BCUT2D eigenvalue weighted by atomic mass is 35.5. The van der Waals surface area contributed by atoms with Crippen LogP contribution in [0, 0.1) is 5.82 Å². The summed E-state index contributed by atoms with van der Waals surface area (Å²) in [6.07, 6.45) is 2.01. The largest absolute Gasteiger partial charge is 0.489 e. The highest BCUT2D eigenvalue weighted by molar-refractivity contribution is 8.01. The van der Waals surface area contributed by atoms with Crippen LogP contribution in [0.2, 0.25) is 5.02 Å². The van der Waals surface area contributed by atoms with Gasteiger partial charge in [-0.1, -0.05) is 11.6 Å². The Morgan fingerprint density at radius 1 is 1.26 bits per heavy atom. The highest BCUT2D eigenvalue weighted by Gasteiger charge is 2.20. The first-order valence-corrected chi connectivity index (χ1v) is 11.3. The Hall–Kier alpha value is -2.29. The first-order chi connectivity index (χ1) is 14.9. The Labute approximate surface area is 189 Å². The average molecular weight is 467 g/mol. The fraction of sp³-hybridized carbons (Fsp3) is 0.364. The molecule has 1 saturated heterocycles. The molecule has 3 rings (SSSR count). The lowest BCUT2D eigenvalue weighted by molar-refractivity contribution is -0.115. The highest BCUT2D eigenvalue weighted by Crippen LogP contribution is 2.29. The lowest BCUT2D eigenvalue weighted by Gasteiger charge is -2.17. The molecule has 0 bridgehead atoms. The van der Waals surface area contributed by atoms with E-state index < -0.39 is 5.25 Å². The average Bonchev–Trinajstić information content (AvgIpc) is 3.27. The van der Waals surface area contributed by atoms with Gasteiger partial charge in [0.1, 0.15) is 18.2 Å². The molecule has 0 aliphatic carbocycles.